The van der Waals surface area contributed by atoms with Gasteiger partial charge in [-0.3, -0.25) is 0 Å². The molecule has 1 nitrogen and oxygen atoms in total. The number of halogens is 1. The Balaban J connectivity index is 2.58. The summed E-state index contributed by atoms with van der Waals surface area (Å²) >= 11 is 3.24. The summed E-state index contributed by atoms with van der Waals surface area (Å²) in [6.45, 7) is 0.703. The van der Waals surface area contributed by atoms with Crippen LogP contribution in [0.4, 0.5) is 0 Å². The molecule has 0 bridgehead atoms. The van der Waals surface area contributed by atoms with E-state index in [1.807, 2.05) is 12.2 Å². The first kappa shape index (κ1) is 4.91. The van der Waals surface area contributed by atoms with Gasteiger partial charge in [0.1, 0.15) is 6.61 Å². The van der Waals surface area contributed by atoms with E-state index in [0.717, 1.165) is 4.48 Å². The maximum atomic E-state index is 4.89. The SMILES string of the molecule is BrC1=COCC=C1. The van der Waals surface area contributed by atoms with E-state index in [0.29, 0.717) is 6.61 Å². The second kappa shape index (κ2) is 2.17. The van der Waals surface area contributed by atoms with Gasteiger partial charge in [0.05, 0.1) is 10.7 Å². The minimum Gasteiger partial charge on any atom is -0.496 e. The molecule has 7 heavy (non-hydrogen) atoms. The summed E-state index contributed by atoms with van der Waals surface area (Å²) in [6, 6.07) is 0. The zero-order valence-corrected chi connectivity index (χ0v) is 5.31. The Hall–Kier alpha value is -0.240. The van der Waals surface area contributed by atoms with Gasteiger partial charge < -0.3 is 4.74 Å². The van der Waals surface area contributed by atoms with Crippen LogP contribution in [0.25, 0.3) is 0 Å². The van der Waals surface area contributed by atoms with Gasteiger partial charge in [-0.15, -0.1) is 0 Å². The van der Waals surface area contributed by atoms with Crippen LogP contribution in [0.15, 0.2) is 22.9 Å². The van der Waals surface area contributed by atoms with Gasteiger partial charge >= 0.3 is 0 Å². The average molecular weight is 161 g/mol. The van der Waals surface area contributed by atoms with Crippen molar-refractivity contribution in [2.75, 3.05) is 6.61 Å². The van der Waals surface area contributed by atoms with Gasteiger partial charge in [-0.1, -0.05) is 0 Å². The largest absolute Gasteiger partial charge is 0.496 e. The summed E-state index contributed by atoms with van der Waals surface area (Å²) in [5.74, 6) is 0. The van der Waals surface area contributed by atoms with Crippen LogP contribution in [-0.2, 0) is 4.74 Å². The first-order valence-electron chi connectivity index (χ1n) is 2.03. The van der Waals surface area contributed by atoms with Crippen LogP contribution in [0.2, 0.25) is 0 Å². The molecule has 0 unspecified atom stereocenters. The van der Waals surface area contributed by atoms with Crippen LogP contribution in [0.3, 0.4) is 0 Å². The van der Waals surface area contributed by atoms with Crippen molar-refractivity contribution in [3.8, 4) is 0 Å². The predicted octanol–water partition coefficient (Wildman–Crippen LogP) is 1.81. The molecule has 1 aliphatic rings. The standard InChI is InChI=1S/C5H5BrO/c6-5-2-1-3-7-4-5/h1-2,4H,3H2. The van der Waals surface area contributed by atoms with Crippen molar-refractivity contribution >= 4 is 15.9 Å². The minimum absolute atomic E-state index is 0.703. The lowest BCUT2D eigenvalue weighted by atomic mass is 10.5. The first-order valence-corrected chi connectivity index (χ1v) is 2.83. The molecule has 0 saturated carbocycles. The molecule has 0 aromatic carbocycles. The number of hydrogen-bond donors (Lipinski definition) is 0. The summed E-state index contributed by atoms with van der Waals surface area (Å²) in [5, 5.41) is 0. The zero-order chi connectivity index (χ0) is 5.11. The number of rotatable bonds is 0. The zero-order valence-electron chi connectivity index (χ0n) is 3.73. The quantitative estimate of drug-likeness (QED) is 0.526. The molecule has 1 aliphatic heterocycles. The van der Waals surface area contributed by atoms with Crippen molar-refractivity contribution in [3.05, 3.63) is 22.9 Å². The Labute approximate surface area is 50.8 Å². The average Bonchev–Trinajstić information content (AvgIpc) is 1.69. The Kier molecular flexibility index (Phi) is 1.52. The van der Waals surface area contributed by atoms with Crippen molar-refractivity contribution in [1.29, 1.82) is 0 Å². The molecule has 0 atom stereocenters. The Bertz CT molecular complexity index is 115. The van der Waals surface area contributed by atoms with Crippen LogP contribution < -0.4 is 0 Å². The van der Waals surface area contributed by atoms with E-state index >= 15 is 0 Å². The van der Waals surface area contributed by atoms with Gasteiger partial charge in [0.25, 0.3) is 0 Å². The van der Waals surface area contributed by atoms with Crippen LogP contribution >= 0.6 is 15.9 Å². The second-order valence-electron chi connectivity index (χ2n) is 1.24. The molecule has 38 valence electrons. The van der Waals surface area contributed by atoms with Crippen molar-refractivity contribution in [3.63, 3.8) is 0 Å². The third kappa shape index (κ3) is 1.35. The fourth-order valence-electron chi connectivity index (χ4n) is 0.383. The van der Waals surface area contributed by atoms with Gasteiger partial charge in [0.15, 0.2) is 0 Å². The predicted molar refractivity (Wildman–Crippen MR) is 32.1 cm³/mol. The lowest BCUT2D eigenvalue weighted by Crippen LogP contribution is -1.85. The molecule has 0 N–H and O–H groups in total. The highest BCUT2D eigenvalue weighted by atomic mass is 79.9. The molecule has 0 aliphatic carbocycles. The molecule has 0 radical (unpaired) electrons. The Morgan fingerprint density at radius 1 is 1.71 bits per heavy atom. The van der Waals surface area contributed by atoms with Gasteiger partial charge in [-0.05, 0) is 28.1 Å². The van der Waals surface area contributed by atoms with Crippen molar-refractivity contribution in [2.45, 2.75) is 0 Å². The molecular weight excluding hydrogens is 156 g/mol. The van der Waals surface area contributed by atoms with Gasteiger partial charge in [-0.2, -0.15) is 0 Å². The maximum absolute atomic E-state index is 4.89. The minimum atomic E-state index is 0.703. The lowest BCUT2D eigenvalue weighted by Gasteiger charge is -1.99. The fraction of sp³-hybridized carbons (Fsp3) is 0.200. The summed E-state index contributed by atoms with van der Waals surface area (Å²) in [4.78, 5) is 0. The van der Waals surface area contributed by atoms with E-state index in [-0.39, 0.29) is 0 Å². The lowest BCUT2D eigenvalue weighted by molar-refractivity contribution is 0.285. The van der Waals surface area contributed by atoms with Crippen molar-refractivity contribution in [1.82, 2.24) is 0 Å². The van der Waals surface area contributed by atoms with E-state index in [4.69, 9.17) is 4.74 Å². The highest BCUT2D eigenvalue weighted by molar-refractivity contribution is 9.11. The van der Waals surface area contributed by atoms with Crippen LogP contribution in [-0.4, -0.2) is 6.61 Å². The van der Waals surface area contributed by atoms with Crippen molar-refractivity contribution in [2.24, 2.45) is 0 Å². The Morgan fingerprint density at radius 2 is 2.57 bits per heavy atom. The normalized spacial score (nSPS) is 18.1. The van der Waals surface area contributed by atoms with E-state index in [9.17, 15) is 0 Å². The number of ether oxygens (including phenoxy) is 1. The molecule has 0 amide bonds. The van der Waals surface area contributed by atoms with E-state index in [2.05, 4.69) is 15.9 Å². The third-order valence-corrected chi connectivity index (χ3v) is 1.12. The highest BCUT2D eigenvalue weighted by Gasteiger charge is 1.87. The highest BCUT2D eigenvalue weighted by Crippen LogP contribution is 2.09. The van der Waals surface area contributed by atoms with E-state index < -0.39 is 0 Å². The molecule has 1 rings (SSSR count). The number of allylic oxidation sites excluding steroid dienone is 2. The van der Waals surface area contributed by atoms with Crippen LogP contribution in [0.5, 0.6) is 0 Å². The van der Waals surface area contributed by atoms with E-state index in [1.165, 1.54) is 0 Å². The summed E-state index contributed by atoms with van der Waals surface area (Å²) < 4.78 is 5.88. The smallest absolute Gasteiger partial charge is 0.106 e. The molecule has 0 fully saturated rings. The molecule has 0 saturated heterocycles. The molecule has 0 spiro atoms. The van der Waals surface area contributed by atoms with Gasteiger partial charge in [-0.25, -0.2) is 0 Å². The third-order valence-electron chi connectivity index (χ3n) is 0.665. The first-order chi connectivity index (χ1) is 3.39. The van der Waals surface area contributed by atoms with Crippen LogP contribution in [0, 0.1) is 0 Å². The van der Waals surface area contributed by atoms with Gasteiger partial charge in [0, 0.05) is 0 Å². The molecule has 0 aromatic heterocycles. The number of hydrogen-bond acceptors (Lipinski definition) is 1. The van der Waals surface area contributed by atoms with Crippen LogP contribution in [0.1, 0.15) is 0 Å². The Morgan fingerprint density at radius 3 is 2.86 bits per heavy atom. The molecular formula is C5H5BrO. The summed E-state index contributed by atoms with van der Waals surface area (Å²) in [6.07, 6.45) is 5.59. The van der Waals surface area contributed by atoms with E-state index in [1.54, 1.807) is 6.26 Å². The molecule has 0 aromatic rings. The molecule has 1 heterocycles. The summed E-state index contributed by atoms with van der Waals surface area (Å²) in [7, 11) is 0. The van der Waals surface area contributed by atoms with Crippen molar-refractivity contribution < 1.29 is 4.74 Å². The summed E-state index contributed by atoms with van der Waals surface area (Å²) in [5.41, 5.74) is 0. The fourth-order valence-corrected chi connectivity index (χ4v) is 0.702. The monoisotopic (exact) mass is 160 g/mol. The second-order valence-corrected chi connectivity index (χ2v) is 2.15. The van der Waals surface area contributed by atoms with Gasteiger partial charge in [0.2, 0.25) is 0 Å². The molecule has 2 heteroatoms. The topological polar surface area (TPSA) is 9.23 Å². The maximum Gasteiger partial charge on any atom is 0.106 e.